The van der Waals surface area contributed by atoms with Gasteiger partial charge in [-0.2, -0.15) is 5.10 Å². The fourth-order valence-corrected chi connectivity index (χ4v) is 7.11. The van der Waals surface area contributed by atoms with E-state index < -0.39 is 11.9 Å². The number of carboxylic acids is 1. The molecular weight excluding hydrogens is 606 g/mol. The van der Waals surface area contributed by atoms with Crippen LogP contribution in [0.3, 0.4) is 0 Å². The van der Waals surface area contributed by atoms with Crippen LogP contribution >= 0.6 is 0 Å². The number of aryl methyl sites for hydroxylation is 5. The molecule has 2 atom stereocenters. The van der Waals surface area contributed by atoms with Gasteiger partial charge in [0, 0.05) is 56.3 Å². The molecule has 0 unspecified atom stereocenters. The van der Waals surface area contributed by atoms with Gasteiger partial charge in [-0.3, -0.25) is 14.4 Å². The van der Waals surface area contributed by atoms with Crippen molar-refractivity contribution in [1.29, 1.82) is 0 Å². The number of amides is 2. The van der Waals surface area contributed by atoms with E-state index in [0.717, 1.165) is 104 Å². The van der Waals surface area contributed by atoms with Crippen LogP contribution in [-0.2, 0) is 33.6 Å². The average molecular weight is 658 g/mol. The molecule has 258 valence electrons. The van der Waals surface area contributed by atoms with Crippen molar-refractivity contribution in [3.05, 3.63) is 70.2 Å². The fraction of sp³-hybridized carbons (Fsp3) is 0.541. The molecule has 3 aromatic rings. The van der Waals surface area contributed by atoms with Gasteiger partial charge in [0.1, 0.15) is 5.82 Å². The lowest BCUT2D eigenvalue weighted by molar-refractivity contribution is -0.137. The summed E-state index contributed by atoms with van der Waals surface area (Å²) in [6, 6.07) is 12.8. The highest BCUT2D eigenvalue weighted by molar-refractivity contribution is 5.77. The van der Waals surface area contributed by atoms with Crippen LogP contribution in [0, 0.1) is 19.8 Å². The number of anilines is 1. The topological polar surface area (TPSA) is 155 Å². The highest BCUT2D eigenvalue weighted by atomic mass is 16.4. The van der Waals surface area contributed by atoms with Crippen LogP contribution in [0.5, 0.6) is 0 Å². The van der Waals surface area contributed by atoms with Crippen molar-refractivity contribution in [3.8, 4) is 5.69 Å². The van der Waals surface area contributed by atoms with Crippen molar-refractivity contribution in [2.45, 2.75) is 90.4 Å². The van der Waals surface area contributed by atoms with Crippen molar-refractivity contribution in [3.63, 3.8) is 0 Å². The number of carboxylic acid groups (broad SMARTS) is 1. The normalized spacial score (nSPS) is 16.7. The molecule has 11 heteroatoms. The van der Waals surface area contributed by atoms with Crippen molar-refractivity contribution < 1.29 is 19.5 Å². The van der Waals surface area contributed by atoms with E-state index in [1.54, 1.807) is 0 Å². The van der Waals surface area contributed by atoms with Gasteiger partial charge >= 0.3 is 5.97 Å². The monoisotopic (exact) mass is 657 g/mol. The summed E-state index contributed by atoms with van der Waals surface area (Å²) in [6.07, 6.45) is 7.81. The summed E-state index contributed by atoms with van der Waals surface area (Å²) >= 11 is 0. The van der Waals surface area contributed by atoms with E-state index in [1.165, 1.54) is 5.56 Å². The molecular formula is C37H51N7O4. The Morgan fingerprint density at radius 2 is 1.96 bits per heavy atom. The summed E-state index contributed by atoms with van der Waals surface area (Å²) < 4.78 is 1.93. The molecule has 2 aliphatic heterocycles. The quantitative estimate of drug-likeness (QED) is 0.155. The Labute approximate surface area is 283 Å². The lowest BCUT2D eigenvalue weighted by Gasteiger charge is -2.24. The van der Waals surface area contributed by atoms with Gasteiger partial charge in [-0.05, 0) is 119 Å². The number of carbonyl (C=O) groups excluding carboxylic acids is 2. The molecule has 1 aromatic carbocycles. The van der Waals surface area contributed by atoms with E-state index >= 15 is 0 Å². The largest absolute Gasteiger partial charge is 0.481 e. The van der Waals surface area contributed by atoms with Gasteiger partial charge in [0.05, 0.1) is 17.8 Å². The molecule has 4 heterocycles. The number of hydrogen-bond acceptors (Lipinski definition) is 7. The zero-order valence-corrected chi connectivity index (χ0v) is 28.5. The summed E-state index contributed by atoms with van der Waals surface area (Å²) in [5.41, 5.74) is 12.6. The molecule has 11 nitrogen and oxygen atoms in total. The number of nitrogens with one attached hydrogen (secondary N) is 2. The first kappa shape index (κ1) is 35.1. The smallest absolute Gasteiger partial charge is 0.304 e. The molecule has 0 bridgehead atoms. The van der Waals surface area contributed by atoms with Gasteiger partial charge in [0.2, 0.25) is 11.8 Å². The molecule has 0 radical (unpaired) electrons. The molecule has 0 aliphatic carbocycles. The van der Waals surface area contributed by atoms with Crippen LogP contribution < -0.4 is 16.4 Å². The first-order valence-corrected chi connectivity index (χ1v) is 17.5. The molecule has 1 fully saturated rings. The average Bonchev–Trinajstić information content (AvgIpc) is 3.65. The number of aromatic nitrogens is 3. The molecule has 48 heavy (non-hydrogen) atoms. The number of likely N-dealkylation sites (tertiary alicyclic amines) is 1. The maximum absolute atomic E-state index is 12.2. The Balaban J connectivity index is 1.24. The number of carbonyl (C=O) groups is 3. The summed E-state index contributed by atoms with van der Waals surface area (Å²) in [6.45, 7) is 8.10. The van der Waals surface area contributed by atoms with Gasteiger partial charge < -0.3 is 26.4 Å². The van der Waals surface area contributed by atoms with Crippen molar-refractivity contribution in [1.82, 2.24) is 25.0 Å². The van der Waals surface area contributed by atoms with Crippen molar-refractivity contribution in [2.24, 2.45) is 11.7 Å². The highest BCUT2D eigenvalue weighted by Gasteiger charge is 2.27. The summed E-state index contributed by atoms with van der Waals surface area (Å²) in [4.78, 5) is 42.6. The second-order valence-corrected chi connectivity index (χ2v) is 13.6. The predicted molar refractivity (Wildman–Crippen MR) is 186 cm³/mol. The van der Waals surface area contributed by atoms with Crippen molar-refractivity contribution in [2.75, 3.05) is 38.0 Å². The van der Waals surface area contributed by atoms with E-state index in [1.807, 2.05) is 24.6 Å². The lowest BCUT2D eigenvalue weighted by Crippen LogP contribution is -2.28. The van der Waals surface area contributed by atoms with E-state index in [2.05, 4.69) is 45.9 Å². The first-order chi connectivity index (χ1) is 23.1. The molecule has 2 amide bonds. The molecule has 2 aromatic heterocycles. The Bertz CT molecular complexity index is 1590. The number of pyridine rings is 1. The zero-order chi connectivity index (χ0) is 34.0. The molecule has 0 saturated carbocycles. The van der Waals surface area contributed by atoms with Crippen LogP contribution in [0.2, 0.25) is 0 Å². The minimum atomic E-state index is -0.806. The molecule has 1 saturated heterocycles. The van der Waals surface area contributed by atoms with Crippen LogP contribution in [0.15, 0.2) is 36.4 Å². The number of rotatable bonds is 17. The van der Waals surface area contributed by atoms with Crippen LogP contribution in [0.25, 0.3) is 5.69 Å². The Kier molecular flexibility index (Phi) is 12.2. The van der Waals surface area contributed by atoms with E-state index in [4.69, 9.17) is 15.8 Å². The van der Waals surface area contributed by atoms with Crippen LogP contribution in [-0.4, -0.2) is 75.3 Å². The van der Waals surface area contributed by atoms with Gasteiger partial charge in [-0.15, -0.1) is 0 Å². The van der Waals surface area contributed by atoms with Gasteiger partial charge in [0.25, 0.3) is 0 Å². The zero-order valence-electron chi connectivity index (χ0n) is 28.5. The number of nitrogens with two attached hydrogens (primary N) is 1. The minimum Gasteiger partial charge on any atom is -0.481 e. The lowest BCUT2D eigenvalue weighted by atomic mass is 9.92. The molecule has 5 N–H and O–H groups in total. The maximum atomic E-state index is 12.2. The molecule has 5 rings (SSSR count). The Morgan fingerprint density at radius 3 is 2.73 bits per heavy atom. The van der Waals surface area contributed by atoms with Crippen LogP contribution in [0.4, 0.5) is 5.82 Å². The second kappa shape index (κ2) is 16.7. The second-order valence-electron chi connectivity index (χ2n) is 13.6. The summed E-state index contributed by atoms with van der Waals surface area (Å²) in [7, 11) is 0. The standard InChI is InChI=1S/C37H51N7O4/c1-25-18-26(2)44(42-25)33-20-28(6-4-15-39-35(46)9-3-8-34(38)45)19-30(21-33)31(22-36(47)48)24-43-17-14-27(23-43)10-12-32-13-11-29-7-5-16-40-37(29)41-32/h11,13,18-21,27,31H,3-10,12,14-17,22-24H2,1-2H3,(H2,38,45)(H,39,46)(H,40,41)(H,47,48)/t27-,31-/m1/s1. The fourth-order valence-electron chi connectivity index (χ4n) is 7.11. The SMILES string of the molecule is Cc1cc(C)n(-c2cc(CCCNC(=O)CCCC(N)=O)cc([C@H](CC(=O)O)CN3CC[C@@H](CCc4ccc5c(n4)NCCC5)C3)c2)n1. The first-order valence-electron chi connectivity index (χ1n) is 17.5. The number of fused-ring (bicyclic) bond motifs is 1. The van der Waals surface area contributed by atoms with Gasteiger partial charge in [-0.25, -0.2) is 9.67 Å². The summed E-state index contributed by atoms with van der Waals surface area (Å²) in [5.74, 6) is 0.143. The van der Waals surface area contributed by atoms with Gasteiger partial charge in [-0.1, -0.05) is 12.1 Å². The van der Waals surface area contributed by atoms with Crippen molar-refractivity contribution >= 4 is 23.6 Å². The number of aliphatic carboxylic acids is 1. The maximum Gasteiger partial charge on any atom is 0.304 e. The minimum absolute atomic E-state index is 0.0502. The third-order valence-corrected chi connectivity index (χ3v) is 9.55. The third kappa shape index (κ3) is 10.1. The van der Waals surface area contributed by atoms with E-state index in [9.17, 15) is 19.5 Å². The van der Waals surface area contributed by atoms with E-state index in [0.29, 0.717) is 25.4 Å². The molecule has 0 spiro atoms. The Morgan fingerprint density at radius 1 is 1.10 bits per heavy atom. The highest BCUT2D eigenvalue weighted by Crippen LogP contribution is 2.30. The van der Waals surface area contributed by atoms with E-state index in [-0.39, 0.29) is 31.1 Å². The number of benzene rings is 1. The van der Waals surface area contributed by atoms with Crippen LogP contribution in [0.1, 0.15) is 91.1 Å². The third-order valence-electron chi connectivity index (χ3n) is 9.55. The summed E-state index contributed by atoms with van der Waals surface area (Å²) in [5, 5.41) is 21.1. The Hall–Kier alpha value is -4.25. The number of primary amides is 1. The molecule has 2 aliphatic rings. The predicted octanol–water partition coefficient (Wildman–Crippen LogP) is 4.46. The number of nitrogens with zero attached hydrogens (tertiary/aromatic N) is 4. The van der Waals surface area contributed by atoms with Gasteiger partial charge in [0.15, 0.2) is 0 Å². The number of hydrogen-bond donors (Lipinski definition) is 4.